The number of hydrogen-bond donors (Lipinski definition) is 4. The van der Waals surface area contributed by atoms with E-state index in [4.69, 9.17) is 15.9 Å². The Balaban J connectivity index is 1.80. The van der Waals surface area contributed by atoms with Crippen LogP contribution in [-0.2, 0) is 22.6 Å². The van der Waals surface area contributed by atoms with Gasteiger partial charge in [0.25, 0.3) is 0 Å². The van der Waals surface area contributed by atoms with Crippen LogP contribution < -0.4 is 11.1 Å². The van der Waals surface area contributed by atoms with Crippen LogP contribution in [0.2, 0.25) is 0 Å². The van der Waals surface area contributed by atoms with E-state index in [2.05, 4.69) is 5.32 Å². The molecule has 0 unspecified atom stereocenters. The number of aliphatic carboxylic acids is 2. The van der Waals surface area contributed by atoms with Gasteiger partial charge >= 0.3 is 18.0 Å². The number of urea groups is 1. The third-order valence-electron chi connectivity index (χ3n) is 4.23. The number of carbonyl (C=O) groups excluding carboxylic acids is 1. The lowest BCUT2D eigenvalue weighted by Gasteiger charge is -2.33. The molecule has 0 spiro atoms. The van der Waals surface area contributed by atoms with Crippen LogP contribution in [0.15, 0.2) is 24.3 Å². The van der Waals surface area contributed by atoms with Gasteiger partial charge in [-0.2, -0.15) is 0 Å². The number of hydrogen-bond acceptors (Lipinski definition) is 5. The fourth-order valence-electron chi connectivity index (χ4n) is 2.80. The van der Waals surface area contributed by atoms with Crippen molar-refractivity contribution in [1.29, 1.82) is 0 Å². The van der Waals surface area contributed by atoms with Crippen molar-refractivity contribution in [3.8, 4) is 0 Å². The second-order valence-corrected chi connectivity index (χ2v) is 6.28. The van der Waals surface area contributed by atoms with E-state index in [1.54, 1.807) is 21.9 Å². The van der Waals surface area contributed by atoms with Gasteiger partial charge in [0, 0.05) is 32.7 Å². The number of carboxylic acid groups (broad SMARTS) is 2. The van der Waals surface area contributed by atoms with Crippen LogP contribution in [0.25, 0.3) is 0 Å². The van der Waals surface area contributed by atoms with Crippen LogP contribution in [0.3, 0.4) is 0 Å². The van der Waals surface area contributed by atoms with E-state index in [0.29, 0.717) is 32.7 Å². The predicted octanol–water partition coefficient (Wildman–Crippen LogP) is -0.447. The predicted molar refractivity (Wildman–Crippen MR) is 93.6 cm³/mol. The number of carbonyl (C=O) groups is 3. The summed E-state index contributed by atoms with van der Waals surface area (Å²) in [4.78, 5) is 37.2. The van der Waals surface area contributed by atoms with E-state index in [1.165, 1.54) is 0 Å². The largest absolute Gasteiger partial charge is 0.480 e. The normalized spacial score (nSPS) is 16.1. The standard InChI is InChI=1S/C17H24N4O5/c18-14(16(24)25)9-12-2-1-3-13(8-12)10-19-17(26)21-6-4-20(5-7-21)11-15(22)23/h1-3,8,14H,4-7,9-11,18H2,(H,19,26)(H,22,23)(H,24,25)/t14-/m0/s1. The average Bonchev–Trinajstić information content (AvgIpc) is 2.60. The second-order valence-electron chi connectivity index (χ2n) is 6.28. The molecule has 1 fully saturated rings. The smallest absolute Gasteiger partial charge is 0.320 e. The van der Waals surface area contributed by atoms with E-state index in [-0.39, 0.29) is 19.0 Å². The van der Waals surface area contributed by atoms with Gasteiger partial charge in [0.1, 0.15) is 6.04 Å². The van der Waals surface area contributed by atoms with Crippen LogP contribution in [0.5, 0.6) is 0 Å². The highest BCUT2D eigenvalue weighted by Crippen LogP contribution is 2.08. The number of amides is 2. The molecule has 1 saturated heterocycles. The Morgan fingerprint density at radius 3 is 2.38 bits per heavy atom. The minimum atomic E-state index is -1.05. The highest BCUT2D eigenvalue weighted by Gasteiger charge is 2.22. The van der Waals surface area contributed by atoms with Gasteiger partial charge in [-0.15, -0.1) is 0 Å². The number of nitrogens with one attached hydrogen (secondary N) is 1. The molecular formula is C17H24N4O5. The van der Waals surface area contributed by atoms with Crippen molar-refractivity contribution in [3.63, 3.8) is 0 Å². The lowest BCUT2D eigenvalue weighted by atomic mass is 10.0. The fourth-order valence-corrected chi connectivity index (χ4v) is 2.80. The van der Waals surface area contributed by atoms with E-state index in [0.717, 1.165) is 11.1 Å². The van der Waals surface area contributed by atoms with Crippen molar-refractivity contribution in [1.82, 2.24) is 15.1 Å². The summed E-state index contributed by atoms with van der Waals surface area (Å²) < 4.78 is 0. The van der Waals surface area contributed by atoms with Gasteiger partial charge in [-0.05, 0) is 17.5 Å². The number of carboxylic acids is 2. The zero-order valence-corrected chi connectivity index (χ0v) is 14.4. The highest BCUT2D eigenvalue weighted by atomic mass is 16.4. The molecule has 2 amide bonds. The Bertz CT molecular complexity index is 658. The quantitative estimate of drug-likeness (QED) is 0.514. The van der Waals surface area contributed by atoms with Gasteiger partial charge in [-0.25, -0.2) is 4.79 Å². The maximum atomic E-state index is 12.2. The first kappa shape index (κ1) is 19.7. The molecule has 0 aliphatic carbocycles. The summed E-state index contributed by atoms with van der Waals surface area (Å²) in [6.07, 6.45) is 0.225. The van der Waals surface area contributed by atoms with E-state index >= 15 is 0 Å². The van der Waals surface area contributed by atoms with Crippen molar-refractivity contribution < 1.29 is 24.6 Å². The minimum Gasteiger partial charge on any atom is -0.480 e. The average molecular weight is 364 g/mol. The molecule has 0 saturated carbocycles. The minimum absolute atomic E-state index is 0.0132. The number of rotatable bonds is 7. The van der Waals surface area contributed by atoms with E-state index in [9.17, 15) is 14.4 Å². The van der Waals surface area contributed by atoms with Crippen LogP contribution >= 0.6 is 0 Å². The van der Waals surface area contributed by atoms with Crippen LogP contribution in [0.1, 0.15) is 11.1 Å². The lowest BCUT2D eigenvalue weighted by Crippen LogP contribution is -2.52. The molecule has 2 rings (SSSR count). The zero-order chi connectivity index (χ0) is 19.1. The molecule has 0 radical (unpaired) electrons. The number of nitrogens with two attached hydrogens (primary N) is 1. The Labute approximate surface area is 151 Å². The summed E-state index contributed by atoms with van der Waals surface area (Å²) in [5.74, 6) is -1.92. The van der Waals surface area contributed by atoms with Gasteiger partial charge in [-0.1, -0.05) is 24.3 Å². The molecule has 1 atom stereocenters. The topological polar surface area (TPSA) is 136 Å². The molecule has 26 heavy (non-hydrogen) atoms. The Kier molecular flexibility index (Phi) is 6.93. The van der Waals surface area contributed by atoms with Crippen LogP contribution in [-0.4, -0.2) is 76.7 Å². The van der Waals surface area contributed by atoms with Crippen molar-refractivity contribution in [2.45, 2.75) is 19.0 Å². The molecule has 1 aliphatic heterocycles. The molecular weight excluding hydrogens is 340 g/mol. The molecule has 0 bridgehead atoms. The maximum Gasteiger partial charge on any atom is 0.320 e. The summed E-state index contributed by atoms with van der Waals surface area (Å²) in [5.41, 5.74) is 7.20. The molecule has 9 nitrogen and oxygen atoms in total. The first-order chi connectivity index (χ1) is 12.3. The van der Waals surface area contributed by atoms with Crippen molar-refractivity contribution in [3.05, 3.63) is 35.4 Å². The molecule has 1 aromatic carbocycles. The first-order valence-corrected chi connectivity index (χ1v) is 8.38. The molecule has 142 valence electrons. The van der Waals surface area contributed by atoms with E-state index in [1.807, 2.05) is 12.1 Å². The molecule has 5 N–H and O–H groups in total. The molecule has 1 aliphatic rings. The Hall–Kier alpha value is -2.65. The SMILES string of the molecule is N[C@@H](Cc1cccc(CNC(=O)N2CCN(CC(=O)O)CC2)c1)C(=O)O. The summed E-state index contributed by atoms with van der Waals surface area (Å²) in [5, 5.41) is 20.5. The third-order valence-corrected chi connectivity index (χ3v) is 4.23. The van der Waals surface area contributed by atoms with Crippen molar-refractivity contribution >= 4 is 18.0 Å². The summed E-state index contributed by atoms with van der Waals surface area (Å²) >= 11 is 0. The third kappa shape index (κ3) is 6.01. The van der Waals surface area contributed by atoms with Crippen molar-refractivity contribution in [2.75, 3.05) is 32.7 Å². The molecule has 1 aromatic rings. The fraction of sp³-hybridized carbons (Fsp3) is 0.471. The molecule has 0 aromatic heterocycles. The monoisotopic (exact) mass is 364 g/mol. The van der Waals surface area contributed by atoms with Gasteiger partial charge < -0.3 is 26.2 Å². The zero-order valence-electron chi connectivity index (χ0n) is 14.4. The number of nitrogens with zero attached hydrogens (tertiary/aromatic N) is 2. The Morgan fingerprint density at radius 2 is 1.77 bits per heavy atom. The molecule has 1 heterocycles. The van der Waals surface area contributed by atoms with E-state index < -0.39 is 18.0 Å². The van der Waals surface area contributed by atoms with Gasteiger partial charge in [-0.3, -0.25) is 14.5 Å². The molecule has 9 heteroatoms. The van der Waals surface area contributed by atoms with Crippen LogP contribution in [0, 0.1) is 0 Å². The summed E-state index contributed by atoms with van der Waals surface area (Å²) in [7, 11) is 0. The van der Waals surface area contributed by atoms with Gasteiger partial charge in [0.05, 0.1) is 6.54 Å². The Morgan fingerprint density at radius 1 is 1.12 bits per heavy atom. The highest BCUT2D eigenvalue weighted by molar-refractivity contribution is 5.74. The number of benzene rings is 1. The first-order valence-electron chi connectivity index (χ1n) is 8.38. The maximum absolute atomic E-state index is 12.2. The summed E-state index contributed by atoms with van der Waals surface area (Å²) in [6.45, 7) is 2.33. The number of piperazine rings is 1. The second kappa shape index (κ2) is 9.16. The van der Waals surface area contributed by atoms with Gasteiger partial charge in [0.2, 0.25) is 0 Å². The summed E-state index contributed by atoms with van der Waals surface area (Å²) in [6, 6.07) is 6.12. The van der Waals surface area contributed by atoms with Crippen molar-refractivity contribution in [2.24, 2.45) is 5.73 Å². The lowest BCUT2D eigenvalue weighted by molar-refractivity contribution is -0.139. The van der Waals surface area contributed by atoms with Crippen LogP contribution in [0.4, 0.5) is 4.79 Å². The van der Waals surface area contributed by atoms with Gasteiger partial charge in [0.15, 0.2) is 0 Å².